The number of aromatic nitrogens is 3. The van der Waals surface area contributed by atoms with Crippen molar-refractivity contribution in [1.82, 2.24) is 14.3 Å². The lowest BCUT2D eigenvalue weighted by atomic mass is 9.91. The lowest BCUT2D eigenvalue weighted by Crippen LogP contribution is -2.42. The Labute approximate surface area is 157 Å². The molecule has 8 nitrogen and oxygen atoms in total. The molecule has 0 radical (unpaired) electrons. The highest BCUT2D eigenvalue weighted by molar-refractivity contribution is 7.10. The first-order valence-corrected chi connectivity index (χ1v) is 9.68. The molecule has 9 heteroatoms. The minimum absolute atomic E-state index is 0.0913. The number of anilines is 3. The maximum absolute atomic E-state index is 11.8. The number of rotatable bonds is 6. The van der Waals surface area contributed by atoms with Crippen LogP contribution in [-0.4, -0.2) is 32.3 Å². The molecule has 140 valence electrons. The molecule has 2 aromatic rings. The van der Waals surface area contributed by atoms with Crippen molar-refractivity contribution in [3.63, 3.8) is 0 Å². The van der Waals surface area contributed by atoms with Gasteiger partial charge in [-0.1, -0.05) is 19.8 Å². The number of hydrogen-bond donors (Lipinski definition) is 4. The summed E-state index contributed by atoms with van der Waals surface area (Å²) in [5, 5.41) is 7.40. The summed E-state index contributed by atoms with van der Waals surface area (Å²) in [6, 6.07) is 0.246. The van der Waals surface area contributed by atoms with Crippen LogP contribution < -0.4 is 22.1 Å². The van der Waals surface area contributed by atoms with Crippen molar-refractivity contribution in [2.45, 2.75) is 58.0 Å². The summed E-state index contributed by atoms with van der Waals surface area (Å²) < 4.78 is 4.37. The van der Waals surface area contributed by atoms with E-state index in [0.717, 1.165) is 48.4 Å². The van der Waals surface area contributed by atoms with Gasteiger partial charge >= 0.3 is 0 Å². The third kappa shape index (κ3) is 3.94. The van der Waals surface area contributed by atoms with Gasteiger partial charge in [-0.2, -0.15) is 4.37 Å². The Morgan fingerprint density at radius 1 is 1.38 bits per heavy atom. The molecule has 6 N–H and O–H groups in total. The SMILES string of the molecule is CCc1c(C)nsc1Nc1nc(N[C@@H]2CCCC[C@@H]2N)cnc1C(N)=O. The van der Waals surface area contributed by atoms with Crippen molar-refractivity contribution in [3.8, 4) is 0 Å². The molecule has 2 atom stereocenters. The Morgan fingerprint density at radius 2 is 2.15 bits per heavy atom. The Morgan fingerprint density at radius 3 is 2.85 bits per heavy atom. The van der Waals surface area contributed by atoms with E-state index in [9.17, 15) is 4.79 Å². The maximum atomic E-state index is 11.8. The van der Waals surface area contributed by atoms with Crippen molar-refractivity contribution in [1.29, 1.82) is 0 Å². The highest BCUT2D eigenvalue weighted by Crippen LogP contribution is 2.29. The number of nitrogens with two attached hydrogens (primary N) is 2. The molecule has 26 heavy (non-hydrogen) atoms. The molecule has 0 saturated heterocycles. The van der Waals surface area contributed by atoms with E-state index in [1.807, 2.05) is 6.92 Å². The maximum Gasteiger partial charge on any atom is 0.271 e. The van der Waals surface area contributed by atoms with Crippen LogP contribution in [0.3, 0.4) is 0 Å². The van der Waals surface area contributed by atoms with Crippen LogP contribution in [0.2, 0.25) is 0 Å². The second-order valence-corrected chi connectivity index (χ2v) is 7.34. The van der Waals surface area contributed by atoms with Gasteiger partial charge in [0, 0.05) is 17.6 Å². The third-order valence-electron chi connectivity index (χ3n) is 4.73. The van der Waals surface area contributed by atoms with Crippen LogP contribution in [0.4, 0.5) is 16.6 Å². The van der Waals surface area contributed by atoms with E-state index >= 15 is 0 Å². The molecular formula is C17H25N7OS. The first-order chi connectivity index (χ1) is 12.5. The van der Waals surface area contributed by atoms with E-state index in [0.29, 0.717) is 11.6 Å². The van der Waals surface area contributed by atoms with Gasteiger partial charge in [0.25, 0.3) is 5.91 Å². The average molecular weight is 376 g/mol. The van der Waals surface area contributed by atoms with Crippen LogP contribution in [0.5, 0.6) is 0 Å². The quantitative estimate of drug-likeness (QED) is 0.609. The Bertz CT molecular complexity index is 791. The fourth-order valence-corrected chi connectivity index (χ4v) is 4.15. The average Bonchev–Trinajstić information content (AvgIpc) is 2.96. The summed E-state index contributed by atoms with van der Waals surface area (Å²) in [7, 11) is 0. The van der Waals surface area contributed by atoms with Crippen LogP contribution >= 0.6 is 11.5 Å². The van der Waals surface area contributed by atoms with Crippen molar-refractivity contribution in [3.05, 3.63) is 23.1 Å². The summed E-state index contributed by atoms with van der Waals surface area (Å²) >= 11 is 1.34. The summed E-state index contributed by atoms with van der Waals surface area (Å²) in [4.78, 5) is 20.5. The standard InChI is InChI=1S/C17H25N7OS/c1-3-10-9(2)24-26-17(10)23-16-14(15(19)25)20-8-13(22-16)21-12-7-5-4-6-11(12)18/h8,11-12H,3-7,18H2,1-2H3,(H2,19,25)(H2,21,22,23)/t11-,12+/m0/s1. The van der Waals surface area contributed by atoms with Gasteiger partial charge in [-0.15, -0.1) is 0 Å². The van der Waals surface area contributed by atoms with Crippen LogP contribution in [0.15, 0.2) is 6.20 Å². The molecule has 1 fully saturated rings. The van der Waals surface area contributed by atoms with Crippen LogP contribution in [0.25, 0.3) is 0 Å². The molecule has 0 bridgehead atoms. The number of carbonyl (C=O) groups is 1. The van der Waals surface area contributed by atoms with Crippen LogP contribution in [0.1, 0.15) is 54.4 Å². The Hall–Kier alpha value is -2.26. The second-order valence-electron chi connectivity index (χ2n) is 6.57. The molecule has 1 aliphatic rings. The molecule has 2 heterocycles. The van der Waals surface area contributed by atoms with E-state index in [1.54, 1.807) is 0 Å². The van der Waals surface area contributed by atoms with E-state index < -0.39 is 5.91 Å². The van der Waals surface area contributed by atoms with Gasteiger partial charge in [-0.3, -0.25) is 4.79 Å². The van der Waals surface area contributed by atoms with Crippen molar-refractivity contribution >= 4 is 34.1 Å². The predicted octanol–water partition coefficient (Wildman–Crippen LogP) is 2.33. The van der Waals surface area contributed by atoms with E-state index in [-0.39, 0.29) is 17.8 Å². The third-order valence-corrected chi connectivity index (χ3v) is 5.62. The predicted molar refractivity (Wildman–Crippen MR) is 104 cm³/mol. The molecular weight excluding hydrogens is 350 g/mol. The van der Waals surface area contributed by atoms with E-state index in [4.69, 9.17) is 11.5 Å². The number of primary amides is 1. The number of hydrogen-bond acceptors (Lipinski definition) is 8. The monoisotopic (exact) mass is 375 g/mol. The lowest BCUT2D eigenvalue weighted by Gasteiger charge is -2.29. The number of nitrogens with zero attached hydrogens (tertiary/aromatic N) is 3. The zero-order valence-electron chi connectivity index (χ0n) is 15.1. The van der Waals surface area contributed by atoms with E-state index in [1.165, 1.54) is 17.7 Å². The number of carbonyl (C=O) groups excluding carboxylic acids is 1. The fraction of sp³-hybridized carbons (Fsp3) is 0.529. The molecule has 0 unspecified atom stereocenters. The number of aryl methyl sites for hydroxylation is 1. The van der Waals surface area contributed by atoms with Crippen LogP contribution in [-0.2, 0) is 6.42 Å². The lowest BCUT2D eigenvalue weighted by molar-refractivity contribution is 0.0996. The smallest absolute Gasteiger partial charge is 0.271 e. The van der Waals surface area contributed by atoms with E-state index in [2.05, 4.69) is 31.9 Å². The van der Waals surface area contributed by atoms with Gasteiger partial charge in [-0.05, 0) is 37.7 Å². The molecule has 1 amide bonds. The largest absolute Gasteiger partial charge is 0.364 e. The molecule has 3 rings (SSSR count). The second kappa shape index (κ2) is 7.96. The zero-order valence-corrected chi connectivity index (χ0v) is 15.9. The Balaban J connectivity index is 1.87. The van der Waals surface area contributed by atoms with Crippen molar-refractivity contribution in [2.24, 2.45) is 11.5 Å². The molecule has 0 aliphatic heterocycles. The first-order valence-electron chi connectivity index (χ1n) is 8.90. The number of amides is 1. The first kappa shape index (κ1) is 18.5. The topological polar surface area (TPSA) is 132 Å². The van der Waals surface area contributed by atoms with Gasteiger partial charge in [0.15, 0.2) is 11.5 Å². The normalized spacial score (nSPS) is 20.0. The minimum atomic E-state index is -0.625. The zero-order chi connectivity index (χ0) is 18.7. The summed E-state index contributed by atoms with van der Waals surface area (Å²) in [6.07, 6.45) is 6.66. The van der Waals surface area contributed by atoms with Crippen molar-refractivity contribution in [2.75, 3.05) is 10.6 Å². The van der Waals surface area contributed by atoms with Gasteiger partial charge in [0.1, 0.15) is 10.8 Å². The molecule has 0 aromatic carbocycles. The number of nitrogens with one attached hydrogen (secondary N) is 2. The fourth-order valence-electron chi connectivity index (χ4n) is 3.27. The van der Waals surface area contributed by atoms with Gasteiger partial charge in [0.05, 0.1) is 11.9 Å². The molecule has 1 saturated carbocycles. The van der Waals surface area contributed by atoms with Crippen molar-refractivity contribution < 1.29 is 4.79 Å². The van der Waals surface area contributed by atoms with Crippen LogP contribution in [0, 0.1) is 6.92 Å². The summed E-state index contributed by atoms with van der Waals surface area (Å²) in [6.45, 7) is 4.02. The summed E-state index contributed by atoms with van der Waals surface area (Å²) in [5.41, 5.74) is 13.8. The Kier molecular flexibility index (Phi) is 5.67. The van der Waals surface area contributed by atoms with Gasteiger partial charge < -0.3 is 22.1 Å². The van der Waals surface area contributed by atoms with Gasteiger partial charge in [0.2, 0.25) is 0 Å². The molecule has 0 spiro atoms. The highest BCUT2D eigenvalue weighted by Gasteiger charge is 2.23. The summed E-state index contributed by atoms with van der Waals surface area (Å²) in [5.74, 6) is 0.296. The molecule has 2 aromatic heterocycles. The van der Waals surface area contributed by atoms with Gasteiger partial charge in [-0.25, -0.2) is 9.97 Å². The minimum Gasteiger partial charge on any atom is -0.364 e. The molecule has 1 aliphatic carbocycles. The highest BCUT2D eigenvalue weighted by atomic mass is 32.1.